The smallest absolute Gasteiger partial charge is 0.152 e. The number of benzene rings is 9. The van der Waals surface area contributed by atoms with Crippen LogP contribution in [0.1, 0.15) is 0 Å². The van der Waals surface area contributed by atoms with E-state index in [1.54, 1.807) is 0 Å². The molecule has 0 bridgehead atoms. The first-order valence-electron chi connectivity index (χ1n) is 19.8. The van der Waals surface area contributed by atoms with E-state index in [2.05, 4.69) is 240 Å². The molecule has 0 spiro atoms. The Labute approximate surface area is 356 Å². The third-order valence-electron chi connectivity index (χ3n) is 11.3. The number of furan rings is 1. The molecule has 59 heavy (non-hydrogen) atoms. The van der Waals surface area contributed by atoms with E-state index in [-0.39, 0.29) is 0 Å². The van der Waals surface area contributed by atoms with E-state index in [0.29, 0.717) is 0 Å². The first-order chi connectivity index (χ1) is 29.2. The van der Waals surface area contributed by atoms with Crippen LogP contribution in [0.4, 0.5) is 17.2 Å². The maximum absolute atomic E-state index is 6.98. The van der Waals surface area contributed by atoms with Gasteiger partial charge in [-0.05, 0) is 121 Å². The van der Waals surface area contributed by atoms with E-state index in [0.717, 1.165) is 92.4 Å². The molecule has 2 aromatic heterocycles. The van der Waals surface area contributed by atoms with Crippen molar-refractivity contribution < 1.29 is 4.42 Å². The summed E-state index contributed by atoms with van der Waals surface area (Å²) in [6.07, 6.45) is 0. The van der Waals surface area contributed by atoms with Gasteiger partial charge in [-0.3, -0.25) is 4.90 Å². The maximum atomic E-state index is 6.98. The minimum absolute atomic E-state index is 0.847. The zero-order valence-corrected chi connectivity index (χ0v) is 34.0. The van der Waals surface area contributed by atoms with Gasteiger partial charge in [-0.2, -0.15) is 0 Å². The molecule has 0 amide bonds. The fourth-order valence-electron chi connectivity index (χ4n) is 8.39. The molecular formula is C55H35IN2O. The maximum Gasteiger partial charge on any atom is 0.152 e. The van der Waals surface area contributed by atoms with Gasteiger partial charge in [0.05, 0.1) is 9.09 Å². The molecule has 0 radical (unpaired) electrons. The number of hydrogen-bond acceptors (Lipinski definition) is 3. The molecule has 0 fully saturated rings. The summed E-state index contributed by atoms with van der Waals surface area (Å²) in [7, 11) is 0. The highest BCUT2D eigenvalue weighted by Crippen LogP contribution is 2.48. The normalized spacial score (nSPS) is 11.5. The SMILES string of the molecule is Ic1c(N(c2ccc(-c3ccccc3)cc2)c2ccc(-c3ccccc3)cc2)nc2ccccc2c1-c1cc(-c2ccccc2)cc2c1oc1cc3ccccc3cc12. The van der Waals surface area contributed by atoms with Crippen LogP contribution in [0.5, 0.6) is 0 Å². The number of para-hydroxylation sites is 1. The van der Waals surface area contributed by atoms with Gasteiger partial charge in [0.15, 0.2) is 5.82 Å². The first-order valence-corrected chi connectivity index (χ1v) is 20.9. The van der Waals surface area contributed by atoms with Crippen molar-refractivity contribution in [2.45, 2.75) is 0 Å². The highest BCUT2D eigenvalue weighted by atomic mass is 127. The molecule has 0 aliphatic rings. The first kappa shape index (κ1) is 35.2. The van der Waals surface area contributed by atoms with Crippen molar-refractivity contribution in [2.24, 2.45) is 0 Å². The zero-order chi connectivity index (χ0) is 39.3. The predicted molar refractivity (Wildman–Crippen MR) is 256 cm³/mol. The summed E-state index contributed by atoms with van der Waals surface area (Å²) in [6.45, 7) is 0. The Morgan fingerprint density at radius 2 is 0.898 bits per heavy atom. The molecule has 0 saturated carbocycles. The Bertz CT molecular complexity index is 3220. The number of pyridine rings is 1. The minimum Gasteiger partial charge on any atom is -0.455 e. The summed E-state index contributed by atoms with van der Waals surface area (Å²) < 4.78 is 8.01. The fourth-order valence-corrected chi connectivity index (χ4v) is 9.34. The van der Waals surface area contributed by atoms with Crippen LogP contribution in [0.2, 0.25) is 0 Å². The molecule has 11 aromatic rings. The number of halogens is 1. The van der Waals surface area contributed by atoms with Gasteiger partial charge in [0, 0.05) is 38.7 Å². The van der Waals surface area contributed by atoms with Crippen LogP contribution in [0.3, 0.4) is 0 Å². The van der Waals surface area contributed by atoms with Crippen LogP contribution >= 0.6 is 22.6 Å². The molecule has 0 atom stereocenters. The summed E-state index contributed by atoms with van der Waals surface area (Å²) in [4.78, 5) is 7.80. The molecule has 0 N–H and O–H groups in total. The second kappa shape index (κ2) is 14.7. The summed E-state index contributed by atoms with van der Waals surface area (Å²) in [5.41, 5.74) is 13.8. The van der Waals surface area contributed by atoms with Crippen molar-refractivity contribution in [3.8, 4) is 44.5 Å². The molecule has 3 nitrogen and oxygen atoms in total. The third-order valence-corrected chi connectivity index (χ3v) is 12.3. The largest absolute Gasteiger partial charge is 0.455 e. The predicted octanol–water partition coefficient (Wildman–Crippen LogP) is 16.0. The Balaban J connectivity index is 1.18. The van der Waals surface area contributed by atoms with E-state index < -0.39 is 0 Å². The lowest BCUT2D eigenvalue weighted by Crippen LogP contribution is -2.14. The third kappa shape index (κ3) is 6.33. The number of hydrogen-bond donors (Lipinski definition) is 0. The van der Waals surface area contributed by atoms with Gasteiger partial charge < -0.3 is 4.42 Å². The topological polar surface area (TPSA) is 29.3 Å². The molecule has 0 aliphatic carbocycles. The highest BCUT2D eigenvalue weighted by molar-refractivity contribution is 14.1. The van der Waals surface area contributed by atoms with Crippen LogP contribution in [0, 0.1) is 3.57 Å². The Kier molecular flexibility index (Phi) is 8.78. The summed E-state index contributed by atoms with van der Waals surface area (Å²) >= 11 is 2.54. The molecule has 0 unspecified atom stereocenters. The Hall–Kier alpha value is -7.02. The quantitative estimate of drug-likeness (QED) is 0.150. The molecule has 0 saturated heterocycles. The van der Waals surface area contributed by atoms with Gasteiger partial charge in [-0.15, -0.1) is 0 Å². The van der Waals surface area contributed by atoms with Crippen LogP contribution in [-0.2, 0) is 0 Å². The lowest BCUT2D eigenvalue weighted by atomic mass is 9.93. The Morgan fingerprint density at radius 3 is 1.49 bits per heavy atom. The summed E-state index contributed by atoms with van der Waals surface area (Å²) in [5.74, 6) is 0.847. The second-order valence-corrected chi connectivity index (χ2v) is 15.9. The van der Waals surface area contributed by atoms with Gasteiger partial charge in [0.1, 0.15) is 11.2 Å². The average molecular weight is 867 g/mol. The number of nitrogens with zero attached hydrogens (tertiary/aromatic N) is 2. The second-order valence-electron chi connectivity index (χ2n) is 14.9. The average Bonchev–Trinajstić information content (AvgIpc) is 3.67. The highest BCUT2D eigenvalue weighted by Gasteiger charge is 2.25. The van der Waals surface area contributed by atoms with Gasteiger partial charge in [-0.1, -0.05) is 158 Å². The fraction of sp³-hybridized carbons (Fsp3) is 0. The van der Waals surface area contributed by atoms with Gasteiger partial charge >= 0.3 is 0 Å². The van der Waals surface area contributed by atoms with Crippen molar-refractivity contribution in [2.75, 3.05) is 4.90 Å². The minimum atomic E-state index is 0.847. The van der Waals surface area contributed by atoms with E-state index >= 15 is 0 Å². The van der Waals surface area contributed by atoms with Crippen LogP contribution in [0.25, 0.3) is 88.1 Å². The van der Waals surface area contributed by atoms with Crippen molar-refractivity contribution in [3.05, 3.63) is 216 Å². The van der Waals surface area contributed by atoms with Crippen LogP contribution < -0.4 is 4.90 Å². The van der Waals surface area contributed by atoms with Crippen LogP contribution in [0.15, 0.2) is 217 Å². The van der Waals surface area contributed by atoms with Gasteiger partial charge in [0.2, 0.25) is 0 Å². The molecule has 2 heterocycles. The standard InChI is InChI=1S/C55H35IN2O/c56-53-52(49-34-43(38-18-8-3-9-19-38)33-48-47-32-41-20-10-11-21-42(41)35-51(47)59-54(48)49)46-22-12-13-23-50(46)57-55(53)58(44-28-24-39(25-29-44)36-14-4-1-5-15-36)45-30-26-40(27-31-45)37-16-6-2-7-17-37/h1-35H. The molecule has 9 aromatic carbocycles. The zero-order valence-electron chi connectivity index (χ0n) is 31.9. The number of rotatable bonds is 7. The van der Waals surface area contributed by atoms with Gasteiger partial charge in [-0.25, -0.2) is 4.98 Å². The lowest BCUT2D eigenvalue weighted by molar-refractivity contribution is 0.670. The van der Waals surface area contributed by atoms with Crippen molar-refractivity contribution >= 4 is 83.4 Å². The molecular weight excluding hydrogens is 832 g/mol. The molecule has 278 valence electrons. The molecule has 4 heteroatoms. The lowest BCUT2D eigenvalue weighted by Gasteiger charge is -2.27. The monoisotopic (exact) mass is 866 g/mol. The van der Waals surface area contributed by atoms with E-state index in [1.807, 2.05) is 0 Å². The molecule has 0 aliphatic heterocycles. The van der Waals surface area contributed by atoms with Crippen LogP contribution in [-0.4, -0.2) is 4.98 Å². The van der Waals surface area contributed by atoms with Gasteiger partial charge in [0.25, 0.3) is 0 Å². The van der Waals surface area contributed by atoms with E-state index in [9.17, 15) is 0 Å². The molecule has 11 rings (SSSR count). The summed E-state index contributed by atoms with van der Waals surface area (Å²) in [6, 6.07) is 75.4. The Morgan fingerprint density at radius 1 is 0.407 bits per heavy atom. The number of anilines is 3. The van der Waals surface area contributed by atoms with E-state index in [1.165, 1.54) is 16.5 Å². The summed E-state index contributed by atoms with van der Waals surface area (Å²) in [5, 5.41) is 5.60. The van der Waals surface area contributed by atoms with E-state index in [4.69, 9.17) is 9.40 Å². The van der Waals surface area contributed by atoms with Crippen molar-refractivity contribution in [1.29, 1.82) is 0 Å². The van der Waals surface area contributed by atoms with Crippen molar-refractivity contribution in [1.82, 2.24) is 4.98 Å². The number of aromatic nitrogens is 1. The van der Waals surface area contributed by atoms with Crippen molar-refractivity contribution in [3.63, 3.8) is 0 Å². The number of fused-ring (bicyclic) bond motifs is 5.